The smallest absolute Gasteiger partial charge is 0.230 e. The lowest BCUT2D eigenvalue weighted by atomic mass is 10.1. The predicted octanol–water partition coefficient (Wildman–Crippen LogP) is 1.51. The first-order chi connectivity index (χ1) is 13.1. The van der Waals surface area contributed by atoms with Gasteiger partial charge in [0.05, 0.1) is 6.42 Å². The van der Waals surface area contributed by atoms with Crippen molar-refractivity contribution >= 4 is 33.4 Å². The average Bonchev–Trinajstić information content (AvgIpc) is 3.05. The standard InChI is InChI=1S/C23H23N3O.BrH/c1-3-17-5-4-6-20-19-8-7-18(15-21(19)25-23(17)20)24-22(27)11-14-26-12-9-16(2)10-13-26;/h4-10,12-13,15,25H,3,11,14H2,1-2H3;1H. The number of nitrogens with zero attached hydrogens (tertiary/aromatic N) is 1. The number of aromatic nitrogens is 2. The summed E-state index contributed by atoms with van der Waals surface area (Å²) in [6.45, 7) is 4.89. The molecule has 1 amide bonds. The first kappa shape index (κ1) is 20.1. The molecule has 0 saturated heterocycles. The van der Waals surface area contributed by atoms with Crippen LogP contribution < -0.4 is 26.9 Å². The van der Waals surface area contributed by atoms with E-state index >= 15 is 0 Å². The number of rotatable bonds is 5. The molecule has 0 fully saturated rings. The first-order valence-corrected chi connectivity index (χ1v) is 9.43. The van der Waals surface area contributed by atoms with Crippen LogP contribution in [0.4, 0.5) is 5.69 Å². The van der Waals surface area contributed by atoms with Crippen molar-refractivity contribution < 1.29 is 26.3 Å². The Labute approximate surface area is 175 Å². The molecule has 0 spiro atoms. The van der Waals surface area contributed by atoms with Gasteiger partial charge in [0.15, 0.2) is 18.9 Å². The van der Waals surface area contributed by atoms with Crippen LogP contribution in [-0.4, -0.2) is 10.9 Å². The Balaban J connectivity index is 0.00000225. The number of anilines is 1. The van der Waals surface area contributed by atoms with Crippen molar-refractivity contribution in [3.8, 4) is 0 Å². The minimum absolute atomic E-state index is 0. The molecular formula is C23H24BrN3O. The summed E-state index contributed by atoms with van der Waals surface area (Å²) in [5.41, 5.74) is 5.59. The van der Waals surface area contributed by atoms with Gasteiger partial charge in [-0.15, -0.1) is 0 Å². The molecular weight excluding hydrogens is 414 g/mol. The SMILES string of the molecule is CCc1cccc2c1[nH]c1cc(NC(=O)CC[n+]3ccc(C)cc3)ccc12.[Br-]. The van der Waals surface area contributed by atoms with E-state index in [0.717, 1.165) is 17.6 Å². The molecule has 4 aromatic rings. The number of hydrogen-bond acceptors (Lipinski definition) is 1. The second-order valence-corrected chi connectivity index (χ2v) is 6.99. The number of aryl methyl sites for hydroxylation is 3. The fourth-order valence-electron chi connectivity index (χ4n) is 3.50. The molecule has 28 heavy (non-hydrogen) atoms. The number of amides is 1. The maximum atomic E-state index is 12.3. The van der Waals surface area contributed by atoms with Crippen molar-refractivity contribution in [3.63, 3.8) is 0 Å². The molecule has 4 rings (SSSR count). The van der Waals surface area contributed by atoms with Gasteiger partial charge in [0.2, 0.25) is 5.91 Å². The third-order valence-electron chi connectivity index (χ3n) is 5.04. The fraction of sp³-hybridized carbons (Fsp3) is 0.217. The molecule has 2 aromatic heterocycles. The number of carbonyl (C=O) groups is 1. The van der Waals surface area contributed by atoms with Crippen LogP contribution in [0, 0.1) is 6.92 Å². The summed E-state index contributed by atoms with van der Waals surface area (Å²) >= 11 is 0. The zero-order valence-corrected chi connectivity index (χ0v) is 17.7. The number of hydrogen-bond donors (Lipinski definition) is 2. The fourth-order valence-corrected chi connectivity index (χ4v) is 3.50. The Bertz CT molecular complexity index is 1120. The van der Waals surface area contributed by atoms with Gasteiger partial charge in [-0.05, 0) is 36.6 Å². The van der Waals surface area contributed by atoms with Crippen LogP contribution in [0.25, 0.3) is 21.8 Å². The van der Waals surface area contributed by atoms with Crippen LogP contribution in [0.3, 0.4) is 0 Å². The van der Waals surface area contributed by atoms with Crippen LogP contribution in [0.5, 0.6) is 0 Å². The Kier molecular flexibility index (Phi) is 6.15. The third kappa shape index (κ3) is 4.09. The summed E-state index contributed by atoms with van der Waals surface area (Å²) in [4.78, 5) is 15.8. The quantitative estimate of drug-likeness (QED) is 0.456. The van der Waals surface area contributed by atoms with Gasteiger partial charge in [0.1, 0.15) is 0 Å². The molecule has 0 unspecified atom stereocenters. The maximum Gasteiger partial charge on any atom is 0.230 e. The van der Waals surface area contributed by atoms with Gasteiger partial charge in [-0.3, -0.25) is 4.79 Å². The summed E-state index contributed by atoms with van der Waals surface area (Å²) in [6, 6.07) is 16.6. The monoisotopic (exact) mass is 437 g/mol. The zero-order valence-electron chi connectivity index (χ0n) is 16.1. The van der Waals surface area contributed by atoms with Crippen molar-refractivity contribution in [1.29, 1.82) is 0 Å². The lowest BCUT2D eigenvalue weighted by molar-refractivity contribution is -0.695. The highest BCUT2D eigenvalue weighted by atomic mass is 79.9. The normalized spacial score (nSPS) is 10.8. The number of fused-ring (bicyclic) bond motifs is 3. The van der Waals surface area contributed by atoms with E-state index in [9.17, 15) is 4.79 Å². The molecule has 0 aliphatic carbocycles. The number of para-hydroxylation sites is 1. The van der Waals surface area contributed by atoms with E-state index in [4.69, 9.17) is 0 Å². The predicted molar refractivity (Wildman–Crippen MR) is 110 cm³/mol. The van der Waals surface area contributed by atoms with Crippen molar-refractivity contribution in [2.24, 2.45) is 0 Å². The lowest BCUT2D eigenvalue weighted by Crippen LogP contribution is -3.00. The van der Waals surface area contributed by atoms with E-state index in [-0.39, 0.29) is 22.9 Å². The summed E-state index contributed by atoms with van der Waals surface area (Å²) in [5, 5.41) is 5.44. The number of pyridine rings is 1. The molecule has 0 aliphatic rings. The highest BCUT2D eigenvalue weighted by Crippen LogP contribution is 2.29. The first-order valence-electron chi connectivity index (χ1n) is 9.43. The van der Waals surface area contributed by atoms with E-state index in [0.29, 0.717) is 13.0 Å². The molecule has 0 saturated carbocycles. The van der Waals surface area contributed by atoms with Crippen molar-refractivity contribution in [2.75, 3.05) is 5.32 Å². The van der Waals surface area contributed by atoms with Crippen LogP contribution >= 0.6 is 0 Å². The van der Waals surface area contributed by atoms with Crippen LogP contribution in [0.1, 0.15) is 24.5 Å². The van der Waals surface area contributed by atoms with Crippen LogP contribution in [-0.2, 0) is 17.8 Å². The van der Waals surface area contributed by atoms with E-state index in [2.05, 4.69) is 48.4 Å². The van der Waals surface area contributed by atoms with Gasteiger partial charge in [0.25, 0.3) is 0 Å². The molecule has 2 aromatic carbocycles. The number of aromatic amines is 1. The summed E-state index contributed by atoms with van der Waals surface area (Å²) < 4.78 is 2.03. The van der Waals surface area contributed by atoms with E-state index in [1.807, 2.05) is 41.2 Å². The third-order valence-corrected chi connectivity index (χ3v) is 5.04. The van der Waals surface area contributed by atoms with E-state index in [1.54, 1.807) is 0 Å². The number of benzene rings is 2. The lowest BCUT2D eigenvalue weighted by Gasteiger charge is -2.04. The van der Waals surface area contributed by atoms with Gasteiger partial charge in [-0.2, -0.15) is 0 Å². The Morgan fingerprint density at radius 1 is 1.07 bits per heavy atom. The number of halogens is 1. The second kappa shape index (κ2) is 8.57. The molecule has 4 nitrogen and oxygen atoms in total. The van der Waals surface area contributed by atoms with Crippen molar-refractivity contribution in [2.45, 2.75) is 33.2 Å². The summed E-state index contributed by atoms with van der Waals surface area (Å²) in [6.07, 6.45) is 5.44. The largest absolute Gasteiger partial charge is 1.00 e. The minimum atomic E-state index is 0. The molecule has 144 valence electrons. The summed E-state index contributed by atoms with van der Waals surface area (Å²) in [5.74, 6) is 0.0211. The minimum Gasteiger partial charge on any atom is -1.00 e. The number of carbonyl (C=O) groups excluding carboxylic acids is 1. The summed E-state index contributed by atoms with van der Waals surface area (Å²) in [7, 11) is 0. The maximum absolute atomic E-state index is 12.3. The molecule has 2 N–H and O–H groups in total. The Morgan fingerprint density at radius 3 is 2.61 bits per heavy atom. The Hall–Kier alpha value is -2.66. The topological polar surface area (TPSA) is 48.8 Å². The van der Waals surface area contributed by atoms with Crippen molar-refractivity contribution in [3.05, 3.63) is 72.1 Å². The van der Waals surface area contributed by atoms with Gasteiger partial charge >= 0.3 is 0 Å². The number of nitrogens with one attached hydrogen (secondary N) is 2. The molecule has 0 aliphatic heterocycles. The number of H-pyrrole nitrogens is 1. The van der Waals surface area contributed by atoms with E-state index in [1.165, 1.54) is 27.4 Å². The zero-order chi connectivity index (χ0) is 18.8. The molecule has 0 radical (unpaired) electrons. The van der Waals surface area contributed by atoms with Crippen LogP contribution in [0.2, 0.25) is 0 Å². The Morgan fingerprint density at radius 2 is 1.86 bits per heavy atom. The van der Waals surface area contributed by atoms with Crippen LogP contribution in [0.15, 0.2) is 60.9 Å². The van der Waals surface area contributed by atoms with Crippen molar-refractivity contribution in [1.82, 2.24) is 4.98 Å². The highest BCUT2D eigenvalue weighted by Gasteiger charge is 2.10. The van der Waals surface area contributed by atoms with Gasteiger partial charge in [-0.25, -0.2) is 4.57 Å². The second-order valence-electron chi connectivity index (χ2n) is 6.99. The molecule has 0 bridgehead atoms. The average molecular weight is 438 g/mol. The van der Waals surface area contributed by atoms with Gasteiger partial charge in [0, 0.05) is 39.6 Å². The molecule has 2 heterocycles. The van der Waals surface area contributed by atoms with Gasteiger partial charge in [-0.1, -0.05) is 31.2 Å². The van der Waals surface area contributed by atoms with Gasteiger partial charge < -0.3 is 27.3 Å². The van der Waals surface area contributed by atoms with E-state index < -0.39 is 0 Å². The molecule has 0 atom stereocenters. The highest BCUT2D eigenvalue weighted by molar-refractivity contribution is 6.09. The molecule has 5 heteroatoms.